The Labute approximate surface area is 201 Å². The van der Waals surface area contributed by atoms with Crippen LogP contribution in [0, 0.1) is 6.92 Å². The second-order valence-corrected chi connectivity index (χ2v) is 10.0. The highest BCUT2D eigenvalue weighted by molar-refractivity contribution is 7.99. The average molecular weight is 473 g/mol. The van der Waals surface area contributed by atoms with Crippen molar-refractivity contribution in [2.75, 3.05) is 5.75 Å². The zero-order chi connectivity index (χ0) is 22.9. The van der Waals surface area contributed by atoms with Crippen molar-refractivity contribution in [3.8, 4) is 0 Å². The molecule has 1 fully saturated rings. The monoisotopic (exact) mass is 472 g/mol. The first kappa shape index (κ1) is 24.7. The molecule has 2 aromatic rings. The molecular weight excluding hydrogens is 440 g/mol. The van der Waals surface area contributed by atoms with Crippen LogP contribution in [-0.2, 0) is 21.9 Å². The van der Waals surface area contributed by atoms with Crippen LogP contribution in [0.3, 0.4) is 0 Å². The lowest BCUT2D eigenvalue weighted by Gasteiger charge is -2.31. The summed E-state index contributed by atoms with van der Waals surface area (Å²) >= 11 is 7.52. The van der Waals surface area contributed by atoms with Gasteiger partial charge in [0.1, 0.15) is 6.04 Å². The van der Waals surface area contributed by atoms with Gasteiger partial charge in [-0.3, -0.25) is 9.59 Å². The highest BCUT2D eigenvalue weighted by Gasteiger charge is 2.28. The number of thioether (sulfide) groups is 1. The molecule has 0 spiro atoms. The number of rotatable bonds is 9. The lowest BCUT2D eigenvalue weighted by Crippen LogP contribution is -2.50. The minimum absolute atomic E-state index is 0.0153. The van der Waals surface area contributed by atoms with E-state index >= 15 is 0 Å². The highest BCUT2D eigenvalue weighted by Crippen LogP contribution is 2.20. The number of hydrogen-bond acceptors (Lipinski definition) is 3. The van der Waals surface area contributed by atoms with E-state index in [1.165, 1.54) is 6.42 Å². The minimum atomic E-state index is -0.514. The largest absolute Gasteiger partial charge is 0.352 e. The maximum atomic E-state index is 13.2. The zero-order valence-electron chi connectivity index (χ0n) is 19.0. The second-order valence-electron chi connectivity index (χ2n) is 8.59. The van der Waals surface area contributed by atoms with Gasteiger partial charge in [-0.05, 0) is 55.5 Å². The lowest BCUT2D eigenvalue weighted by molar-refractivity contribution is -0.139. The number of amides is 2. The Hall–Kier alpha value is -1.98. The van der Waals surface area contributed by atoms with Crippen LogP contribution in [0.4, 0.5) is 0 Å². The normalized spacial score (nSPS) is 15.2. The van der Waals surface area contributed by atoms with Crippen LogP contribution in [0.25, 0.3) is 0 Å². The zero-order valence-corrected chi connectivity index (χ0v) is 20.6. The molecular formula is C26H33ClN2O2S. The van der Waals surface area contributed by atoms with Crippen LogP contribution in [0.2, 0.25) is 5.02 Å². The molecule has 172 valence electrons. The summed E-state index contributed by atoms with van der Waals surface area (Å²) in [5.41, 5.74) is 3.32. The smallest absolute Gasteiger partial charge is 0.242 e. The van der Waals surface area contributed by atoms with Crippen molar-refractivity contribution in [1.29, 1.82) is 0 Å². The first-order chi connectivity index (χ1) is 15.4. The molecule has 2 amide bonds. The van der Waals surface area contributed by atoms with Crippen molar-refractivity contribution in [2.45, 2.75) is 70.3 Å². The van der Waals surface area contributed by atoms with E-state index in [9.17, 15) is 9.59 Å². The maximum Gasteiger partial charge on any atom is 0.242 e. The third-order valence-corrected chi connectivity index (χ3v) is 7.37. The first-order valence-corrected chi connectivity index (χ1v) is 12.9. The van der Waals surface area contributed by atoms with E-state index in [2.05, 4.69) is 5.32 Å². The predicted molar refractivity (Wildman–Crippen MR) is 134 cm³/mol. The Bertz CT molecular complexity index is 897. The van der Waals surface area contributed by atoms with Gasteiger partial charge in [0.25, 0.3) is 0 Å². The highest BCUT2D eigenvalue weighted by atomic mass is 35.5. The quantitative estimate of drug-likeness (QED) is 0.505. The van der Waals surface area contributed by atoms with E-state index in [4.69, 9.17) is 11.6 Å². The summed E-state index contributed by atoms with van der Waals surface area (Å²) in [6.45, 7) is 4.32. The van der Waals surface area contributed by atoms with E-state index in [-0.39, 0.29) is 17.9 Å². The van der Waals surface area contributed by atoms with Gasteiger partial charge in [-0.1, -0.05) is 67.3 Å². The standard InChI is InChI=1S/C26H33ClN2O2S/c1-19-8-6-7-9-22(19)16-29(20(2)26(31)28-24-10-4-3-5-11-24)25(30)18-32-17-21-12-14-23(27)15-13-21/h6-9,12-15,20,24H,3-5,10-11,16-18H2,1-2H3,(H,28,31)/t20-/m1/s1. The van der Waals surface area contributed by atoms with Crippen molar-refractivity contribution in [2.24, 2.45) is 0 Å². The Balaban J connectivity index is 1.65. The van der Waals surface area contributed by atoms with Crippen LogP contribution < -0.4 is 5.32 Å². The lowest BCUT2D eigenvalue weighted by atomic mass is 9.95. The number of carbonyl (C=O) groups is 2. The molecule has 4 nitrogen and oxygen atoms in total. The second kappa shape index (κ2) is 12.3. The molecule has 0 bridgehead atoms. The molecule has 3 rings (SSSR count). The molecule has 1 aliphatic rings. The Morgan fingerprint density at radius 2 is 1.78 bits per heavy atom. The molecule has 0 unspecified atom stereocenters. The number of carbonyl (C=O) groups excluding carboxylic acids is 2. The fourth-order valence-corrected chi connectivity index (χ4v) is 5.04. The molecule has 1 aliphatic carbocycles. The molecule has 32 heavy (non-hydrogen) atoms. The third kappa shape index (κ3) is 7.28. The Morgan fingerprint density at radius 1 is 1.09 bits per heavy atom. The van der Waals surface area contributed by atoms with Gasteiger partial charge in [-0.2, -0.15) is 0 Å². The van der Waals surface area contributed by atoms with Gasteiger partial charge in [-0.25, -0.2) is 0 Å². The Morgan fingerprint density at radius 3 is 2.47 bits per heavy atom. The van der Waals surface area contributed by atoms with Gasteiger partial charge in [0.2, 0.25) is 11.8 Å². The van der Waals surface area contributed by atoms with Gasteiger partial charge in [0.05, 0.1) is 5.75 Å². The molecule has 0 saturated heterocycles. The maximum absolute atomic E-state index is 13.2. The third-order valence-electron chi connectivity index (χ3n) is 6.13. The topological polar surface area (TPSA) is 49.4 Å². The number of nitrogens with one attached hydrogen (secondary N) is 1. The molecule has 1 atom stereocenters. The molecule has 6 heteroatoms. The predicted octanol–water partition coefficient (Wildman–Crippen LogP) is 5.75. The molecule has 0 aromatic heterocycles. The van der Waals surface area contributed by atoms with Crippen LogP contribution in [0.1, 0.15) is 55.7 Å². The Kier molecular flexibility index (Phi) is 9.49. The summed E-state index contributed by atoms with van der Waals surface area (Å²) in [5, 5.41) is 3.90. The summed E-state index contributed by atoms with van der Waals surface area (Å²) in [6, 6.07) is 15.4. The molecule has 0 heterocycles. The van der Waals surface area contributed by atoms with E-state index in [1.54, 1.807) is 16.7 Å². The van der Waals surface area contributed by atoms with E-state index in [0.717, 1.165) is 48.1 Å². The SMILES string of the molecule is Cc1ccccc1CN(C(=O)CSCc1ccc(Cl)cc1)[C@H](C)C(=O)NC1CCCCC1. The summed E-state index contributed by atoms with van der Waals surface area (Å²) < 4.78 is 0. The molecule has 1 N–H and O–H groups in total. The number of aryl methyl sites for hydroxylation is 1. The van der Waals surface area contributed by atoms with Crippen molar-refractivity contribution < 1.29 is 9.59 Å². The van der Waals surface area contributed by atoms with Gasteiger partial charge < -0.3 is 10.2 Å². The van der Waals surface area contributed by atoms with Gasteiger partial charge in [-0.15, -0.1) is 11.8 Å². The molecule has 0 aliphatic heterocycles. The number of benzene rings is 2. The van der Waals surface area contributed by atoms with Gasteiger partial charge in [0, 0.05) is 23.4 Å². The number of nitrogens with zero attached hydrogens (tertiary/aromatic N) is 1. The van der Waals surface area contributed by atoms with Crippen molar-refractivity contribution >= 4 is 35.2 Å². The van der Waals surface area contributed by atoms with Crippen molar-refractivity contribution in [1.82, 2.24) is 10.2 Å². The fraction of sp³-hybridized carbons (Fsp3) is 0.462. The number of hydrogen-bond donors (Lipinski definition) is 1. The first-order valence-electron chi connectivity index (χ1n) is 11.4. The van der Waals surface area contributed by atoms with E-state index in [0.29, 0.717) is 17.3 Å². The number of halogens is 1. The van der Waals surface area contributed by atoms with Gasteiger partial charge >= 0.3 is 0 Å². The van der Waals surface area contributed by atoms with Crippen LogP contribution in [-0.4, -0.2) is 34.6 Å². The van der Waals surface area contributed by atoms with Gasteiger partial charge in [0.15, 0.2) is 0 Å². The summed E-state index contributed by atoms with van der Waals surface area (Å²) in [4.78, 5) is 28.0. The van der Waals surface area contributed by atoms with Crippen LogP contribution in [0.5, 0.6) is 0 Å². The molecule has 1 saturated carbocycles. The van der Waals surface area contributed by atoms with Crippen molar-refractivity contribution in [3.63, 3.8) is 0 Å². The minimum Gasteiger partial charge on any atom is -0.352 e. The summed E-state index contributed by atoms with van der Waals surface area (Å²) in [5.74, 6) is 0.985. The van der Waals surface area contributed by atoms with Crippen LogP contribution in [0.15, 0.2) is 48.5 Å². The van der Waals surface area contributed by atoms with E-state index < -0.39 is 6.04 Å². The average Bonchev–Trinajstić information content (AvgIpc) is 2.80. The van der Waals surface area contributed by atoms with E-state index in [1.807, 2.05) is 62.4 Å². The van der Waals surface area contributed by atoms with Crippen molar-refractivity contribution in [3.05, 3.63) is 70.2 Å². The fourth-order valence-electron chi connectivity index (χ4n) is 4.04. The molecule has 2 aromatic carbocycles. The molecule has 0 radical (unpaired) electrons. The van der Waals surface area contributed by atoms with Crippen LogP contribution >= 0.6 is 23.4 Å². The summed E-state index contributed by atoms with van der Waals surface area (Å²) in [7, 11) is 0. The summed E-state index contributed by atoms with van der Waals surface area (Å²) in [6.07, 6.45) is 5.62.